The topological polar surface area (TPSA) is 78.4 Å². The third-order valence-electron chi connectivity index (χ3n) is 2.61. The molecule has 1 aliphatic rings. The summed E-state index contributed by atoms with van der Waals surface area (Å²) in [6, 6.07) is -1.40. The molecule has 0 aliphatic heterocycles. The van der Waals surface area contributed by atoms with E-state index >= 15 is 0 Å². The van der Waals surface area contributed by atoms with Crippen molar-refractivity contribution in [2.24, 2.45) is 5.92 Å². The predicted octanol–water partition coefficient (Wildman–Crippen LogP) is 0.561. The van der Waals surface area contributed by atoms with Crippen molar-refractivity contribution in [3.63, 3.8) is 0 Å². The van der Waals surface area contributed by atoms with Crippen LogP contribution in [0.3, 0.4) is 0 Å². The molecule has 16 heavy (non-hydrogen) atoms. The highest BCUT2D eigenvalue weighted by atomic mass is 16.4. The second-order valence-electron chi connectivity index (χ2n) is 4.04. The van der Waals surface area contributed by atoms with E-state index in [-0.39, 0.29) is 12.5 Å². The average Bonchev–Trinajstić information content (AvgIpc) is 2.99. The molecule has 5 nitrogen and oxygen atoms in total. The van der Waals surface area contributed by atoms with E-state index < -0.39 is 18.0 Å². The minimum atomic E-state index is -1.12. The summed E-state index contributed by atoms with van der Waals surface area (Å²) in [6.07, 6.45) is 7.24. The Kier molecular flexibility index (Phi) is 4.18. The number of rotatable bonds is 5. The molecule has 5 heteroatoms. The first-order valence-corrected chi connectivity index (χ1v) is 5.28. The van der Waals surface area contributed by atoms with Crippen LogP contribution in [0, 0.1) is 18.3 Å². The minimum Gasteiger partial charge on any atom is -0.480 e. The van der Waals surface area contributed by atoms with Crippen LogP contribution < -0.4 is 10.6 Å². The van der Waals surface area contributed by atoms with Gasteiger partial charge in [0, 0.05) is 12.5 Å². The number of hydrogen-bond donors (Lipinski definition) is 3. The van der Waals surface area contributed by atoms with Gasteiger partial charge in [-0.2, -0.15) is 0 Å². The molecule has 88 valence electrons. The minimum absolute atomic E-state index is 0.0133. The fourth-order valence-corrected chi connectivity index (χ4v) is 1.44. The molecule has 0 bridgehead atoms. The Morgan fingerprint density at radius 3 is 2.56 bits per heavy atom. The number of amides is 2. The van der Waals surface area contributed by atoms with Crippen molar-refractivity contribution in [1.82, 2.24) is 10.6 Å². The molecule has 1 aliphatic carbocycles. The van der Waals surface area contributed by atoms with Gasteiger partial charge in [-0.15, -0.1) is 12.3 Å². The van der Waals surface area contributed by atoms with Gasteiger partial charge in [0.15, 0.2) is 0 Å². The maximum Gasteiger partial charge on any atom is 0.327 e. The summed E-state index contributed by atoms with van der Waals surface area (Å²) in [4.78, 5) is 22.1. The molecule has 0 aromatic rings. The predicted molar refractivity (Wildman–Crippen MR) is 58.7 cm³/mol. The normalized spacial score (nSPS) is 18.0. The largest absolute Gasteiger partial charge is 0.480 e. The van der Waals surface area contributed by atoms with Gasteiger partial charge in [0.05, 0.1) is 0 Å². The molecule has 2 atom stereocenters. The van der Waals surface area contributed by atoms with E-state index in [0.717, 1.165) is 12.8 Å². The van der Waals surface area contributed by atoms with Crippen molar-refractivity contribution in [2.75, 3.05) is 0 Å². The summed E-state index contributed by atoms with van der Waals surface area (Å²) in [5, 5.41) is 13.8. The van der Waals surface area contributed by atoms with Gasteiger partial charge in [-0.05, 0) is 25.7 Å². The molecule has 0 spiro atoms. The first-order valence-electron chi connectivity index (χ1n) is 5.28. The number of carboxylic acid groups (broad SMARTS) is 1. The summed E-state index contributed by atoms with van der Waals surface area (Å²) in [5.41, 5.74) is 0. The quantitative estimate of drug-likeness (QED) is 0.597. The highest BCUT2D eigenvalue weighted by Crippen LogP contribution is 2.32. The lowest BCUT2D eigenvalue weighted by atomic mass is 10.2. The molecular formula is C11H16N2O3. The van der Waals surface area contributed by atoms with Crippen LogP contribution >= 0.6 is 0 Å². The third kappa shape index (κ3) is 3.81. The zero-order valence-electron chi connectivity index (χ0n) is 9.19. The van der Waals surface area contributed by atoms with E-state index in [2.05, 4.69) is 16.6 Å². The monoisotopic (exact) mass is 224 g/mol. The Balaban J connectivity index is 2.35. The molecule has 1 rings (SSSR count). The highest BCUT2D eigenvalue weighted by Gasteiger charge is 2.29. The van der Waals surface area contributed by atoms with E-state index in [0.29, 0.717) is 5.92 Å². The first-order chi connectivity index (χ1) is 7.54. The summed E-state index contributed by atoms with van der Waals surface area (Å²) in [6.45, 7) is 1.91. The lowest BCUT2D eigenvalue weighted by Gasteiger charge is -2.16. The number of aliphatic carboxylic acids is 1. The smallest absolute Gasteiger partial charge is 0.327 e. The van der Waals surface area contributed by atoms with Crippen molar-refractivity contribution >= 4 is 12.0 Å². The molecule has 0 aromatic heterocycles. The van der Waals surface area contributed by atoms with Gasteiger partial charge in [0.2, 0.25) is 0 Å². The van der Waals surface area contributed by atoms with Crippen LogP contribution in [0.4, 0.5) is 4.79 Å². The summed E-state index contributed by atoms with van der Waals surface area (Å²) in [5.74, 6) is 1.63. The molecule has 2 amide bonds. The molecule has 1 saturated carbocycles. The van der Waals surface area contributed by atoms with Crippen LogP contribution in [0.5, 0.6) is 0 Å². The van der Waals surface area contributed by atoms with E-state index in [9.17, 15) is 9.59 Å². The maximum absolute atomic E-state index is 11.4. The summed E-state index contributed by atoms with van der Waals surface area (Å²) < 4.78 is 0. The van der Waals surface area contributed by atoms with Crippen LogP contribution in [0.1, 0.15) is 26.2 Å². The van der Waals surface area contributed by atoms with E-state index in [1.54, 1.807) is 0 Å². The van der Waals surface area contributed by atoms with Gasteiger partial charge in [-0.3, -0.25) is 0 Å². The molecule has 0 aromatic carbocycles. The Bertz CT molecular complexity index is 318. The van der Waals surface area contributed by atoms with Crippen molar-refractivity contribution in [3.05, 3.63) is 0 Å². The zero-order chi connectivity index (χ0) is 12.1. The lowest BCUT2D eigenvalue weighted by molar-refractivity contribution is -0.139. The van der Waals surface area contributed by atoms with Crippen LogP contribution in [0.2, 0.25) is 0 Å². The van der Waals surface area contributed by atoms with Gasteiger partial charge in [0.25, 0.3) is 0 Å². The number of urea groups is 1. The Labute approximate surface area is 94.6 Å². The zero-order valence-corrected chi connectivity index (χ0v) is 9.19. The lowest BCUT2D eigenvalue weighted by Crippen LogP contribution is -2.48. The number of carbonyl (C=O) groups excluding carboxylic acids is 1. The third-order valence-corrected chi connectivity index (χ3v) is 2.61. The second kappa shape index (κ2) is 5.40. The summed E-state index contributed by atoms with van der Waals surface area (Å²) >= 11 is 0. The van der Waals surface area contributed by atoms with Gasteiger partial charge in [-0.1, -0.05) is 0 Å². The van der Waals surface area contributed by atoms with Crippen molar-refractivity contribution in [1.29, 1.82) is 0 Å². The van der Waals surface area contributed by atoms with Gasteiger partial charge >= 0.3 is 12.0 Å². The molecule has 1 fully saturated rings. The van der Waals surface area contributed by atoms with Gasteiger partial charge in [0.1, 0.15) is 6.04 Å². The van der Waals surface area contributed by atoms with Crippen molar-refractivity contribution < 1.29 is 14.7 Å². The molecular weight excluding hydrogens is 208 g/mol. The number of carboxylic acids is 1. The molecule has 2 unspecified atom stereocenters. The number of hydrogen-bond acceptors (Lipinski definition) is 2. The average molecular weight is 224 g/mol. The van der Waals surface area contributed by atoms with Crippen molar-refractivity contribution in [3.8, 4) is 12.3 Å². The fraction of sp³-hybridized carbons (Fsp3) is 0.636. The van der Waals surface area contributed by atoms with Crippen LogP contribution in [-0.4, -0.2) is 29.2 Å². The Hall–Kier alpha value is -1.70. The standard InChI is InChI=1S/C11H16N2O3/c1-3-4-9(10(14)15)13-11(16)12-7(2)8-5-6-8/h1,7-9H,4-6H2,2H3,(H,14,15)(H2,12,13,16). The highest BCUT2D eigenvalue weighted by molar-refractivity contribution is 5.82. The van der Waals surface area contributed by atoms with E-state index in [1.165, 1.54) is 0 Å². The molecule has 3 N–H and O–H groups in total. The molecule has 0 radical (unpaired) electrons. The van der Waals surface area contributed by atoms with Crippen molar-refractivity contribution in [2.45, 2.75) is 38.3 Å². The Morgan fingerprint density at radius 2 is 2.12 bits per heavy atom. The SMILES string of the molecule is C#CCC(NC(=O)NC(C)C1CC1)C(=O)O. The van der Waals surface area contributed by atoms with Gasteiger partial charge < -0.3 is 15.7 Å². The first kappa shape index (κ1) is 12.4. The van der Waals surface area contributed by atoms with Crippen LogP contribution in [-0.2, 0) is 4.79 Å². The number of nitrogens with one attached hydrogen (secondary N) is 2. The summed E-state index contributed by atoms with van der Waals surface area (Å²) in [7, 11) is 0. The van der Waals surface area contributed by atoms with E-state index in [4.69, 9.17) is 11.5 Å². The van der Waals surface area contributed by atoms with Crippen LogP contribution in [0.15, 0.2) is 0 Å². The number of carbonyl (C=O) groups is 2. The molecule has 0 heterocycles. The fourth-order valence-electron chi connectivity index (χ4n) is 1.44. The van der Waals surface area contributed by atoms with Gasteiger partial charge in [-0.25, -0.2) is 9.59 Å². The maximum atomic E-state index is 11.4. The molecule has 0 saturated heterocycles. The number of terminal acetylenes is 1. The van der Waals surface area contributed by atoms with Crippen LogP contribution in [0.25, 0.3) is 0 Å². The second-order valence-corrected chi connectivity index (χ2v) is 4.04. The van der Waals surface area contributed by atoms with E-state index in [1.807, 2.05) is 6.92 Å². The Morgan fingerprint density at radius 1 is 1.50 bits per heavy atom.